The molecule has 2 rings (SSSR count). The first-order valence-corrected chi connectivity index (χ1v) is 8.47. The molecule has 0 aliphatic carbocycles. The second-order valence-corrected chi connectivity index (χ2v) is 7.93. The van der Waals surface area contributed by atoms with Crippen LogP contribution >= 0.6 is 11.3 Å². The van der Waals surface area contributed by atoms with E-state index in [-0.39, 0.29) is 0 Å². The molecule has 1 atom stereocenters. The van der Waals surface area contributed by atoms with E-state index in [1.807, 2.05) is 13.8 Å². The fourth-order valence-electron chi connectivity index (χ4n) is 2.05. The van der Waals surface area contributed by atoms with E-state index in [0.717, 1.165) is 10.5 Å². The van der Waals surface area contributed by atoms with Crippen molar-refractivity contribution in [3.05, 3.63) is 28.8 Å². The number of nitrogens with zero attached hydrogens (tertiary/aromatic N) is 1. The summed E-state index contributed by atoms with van der Waals surface area (Å²) in [5.41, 5.74) is 2.31. The summed E-state index contributed by atoms with van der Waals surface area (Å²) in [5.74, 6) is 0. The SMILES string of the molecule is Cc1ccc2sc(C)[n+](CC[C@H](C)S(=O)(=O)O)c2c1. The quantitative estimate of drug-likeness (QED) is 0.697. The van der Waals surface area contributed by atoms with Crippen LogP contribution in [-0.4, -0.2) is 18.2 Å². The third-order valence-corrected chi connectivity index (χ3v) is 5.64. The predicted molar refractivity (Wildman–Crippen MR) is 77.1 cm³/mol. The average molecular weight is 300 g/mol. The maximum Gasteiger partial charge on any atom is 0.267 e. The molecule has 1 N–H and O–H groups in total. The van der Waals surface area contributed by atoms with Crippen molar-refractivity contribution >= 4 is 31.7 Å². The lowest BCUT2D eigenvalue weighted by atomic mass is 10.2. The van der Waals surface area contributed by atoms with Gasteiger partial charge >= 0.3 is 0 Å². The highest BCUT2D eigenvalue weighted by Crippen LogP contribution is 2.21. The number of hydrogen-bond acceptors (Lipinski definition) is 3. The predicted octanol–water partition coefficient (Wildman–Crippen LogP) is 2.47. The summed E-state index contributed by atoms with van der Waals surface area (Å²) in [6, 6.07) is 6.27. The lowest BCUT2D eigenvalue weighted by Crippen LogP contribution is -2.37. The minimum atomic E-state index is -3.94. The normalized spacial score (nSPS) is 13.9. The molecule has 0 saturated heterocycles. The molecule has 0 aliphatic heterocycles. The summed E-state index contributed by atoms with van der Waals surface area (Å²) in [5, 5.41) is 0.405. The third-order valence-electron chi connectivity index (χ3n) is 3.31. The van der Waals surface area contributed by atoms with Crippen LogP contribution in [0.2, 0.25) is 0 Å². The van der Waals surface area contributed by atoms with Crippen molar-refractivity contribution in [2.45, 2.75) is 39.0 Å². The van der Waals surface area contributed by atoms with Crippen LogP contribution in [0.25, 0.3) is 10.2 Å². The lowest BCUT2D eigenvalue weighted by Gasteiger charge is -2.05. The molecule has 4 nitrogen and oxygen atoms in total. The van der Waals surface area contributed by atoms with Gasteiger partial charge in [-0.1, -0.05) is 17.4 Å². The fraction of sp³-hybridized carbons (Fsp3) is 0.462. The van der Waals surface area contributed by atoms with Gasteiger partial charge in [0.05, 0.1) is 5.25 Å². The Kier molecular flexibility index (Phi) is 3.94. The first-order chi connectivity index (χ1) is 8.79. The van der Waals surface area contributed by atoms with Gasteiger partial charge in [-0.15, -0.1) is 0 Å². The van der Waals surface area contributed by atoms with Crippen LogP contribution in [-0.2, 0) is 16.7 Å². The number of hydrogen-bond donors (Lipinski definition) is 1. The van der Waals surface area contributed by atoms with E-state index in [4.69, 9.17) is 4.55 Å². The van der Waals surface area contributed by atoms with Crippen LogP contribution < -0.4 is 4.57 Å². The topological polar surface area (TPSA) is 58.2 Å². The molecule has 1 aromatic carbocycles. The van der Waals surface area contributed by atoms with Crippen molar-refractivity contribution in [3.63, 3.8) is 0 Å². The van der Waals surface area contributed by atoms with Crippen molar-refractivity contribution in [2.75, 3.05) is 0 Å². The molecule has 6 heteroatoms. The summed E-state index contributed by atoms with van der Waals surface area (Å²) < 4.78 is 34.4. The van der Waals surface area contributed by atoms with Gasteiger partial charge < -0.3 is 0 Å². The largest absolute Gasteiger partial charge is 0.285 e. The van der Waals surface area contributed by atoms with Crippen LogP contribution in [0.15, 0.2) is 18.2 Å². The van der Waals surface area contributed by atoms with E-state index in [1.54, 1.807) is 11.3 Å². The van der Waals surface area contributed by atoms with Gasteiger partial charge in [-0.3, -0.25) is 4.55 Å². The van der Waals surface area contributed by atoms with Crippen molar-refractivity contribution in [2.24, 2.45) is 0 Å². The standard InChI is InChI=1S/C13H17NO3S2/c1-9-4-5-13-12(8-9)14(11(3)18-13)7-6-10(2)19(15,16)17/h4-5,8,10H,6-7H2,1-3H3/p+1/t10-/m0/s1. The highest BCUT2D eigenvalue weighted by molar-refractivity contribution is 7.86. The van der Waals surface area contributed by atoms with Gasteiger partial charge in [0, 0.05) is 19.4 Å². The molecule has 0 bridgehead atoms. The van der Waals surface area contributed by atoms with Gasteiger partial charge in [-0.25, -0.2) is 0 Å². The van der Waals surface area contributed by atoms with Crippen LogP contribution in [0.1, 0.15) is 23.9 Å². The fourth-order valence-corrected chi connectivity index (χ4v) is 3.48. The third kappa shape index (κ3) is 3.13. The second-order valence-electron chi connectivity index (χ2n) is 4.86. The Labute approximate surface area is 117 Å². The summed E-state index contributed by atoms with van der Waals surface area (Å²) >= 11 is 1.70. The van der Waals surface area contributed by atoms with Gasteiger partial charge in [-0.2, -0.15) is 13.0 Å². The number of aryl methyl sites for hydroxylation is 3. The molecule has 2 aromatic rings. The van der Waals surface area contributed by atoms with Crippen molar-refractivity contribution < 1.29 is 17.5 Å². The van der Waals surface area contributed by atoms with Crippen LogP contribution in [0.4, 0.5) is 0 Å². The Morgan fingerprint density at radius 3 is 2.68 bits per heavy atom. The molecule has 0 amide bonds. The zero-order valence-corrected chi connectivity index (χ0v) is 12.9. The summed E-state index contributed by atoms with van der Waals surface area (Å²) in [6.45, 7) is 6.19. The molecule has 104 valence electrons. The van der Waals surface area contributed by atoms with Gasteiger partial charge in [0.25, 0.3) is 10.1 Å². The summed E-state index contributed by atoms with van der Waals surface area (Å²) in [4.78, 5) is 0. The van der Waals surface area contributed by atoms with Crippen molar-refractivity contribution in [1.29, 1.82) is 0 Å². The number of rotatable bonds is 4. The number of benzene rings is 1. The molecule has 1 aromatic heterocycles. The molecule has 0 aliphatic rings. The minimum Gasteiger partial charge on any atom is -0.285 e. The zero-order valence-electron chi connectivity index (χ0n) is 11.3. The highest BCUT2D eigenvalue weighted by atomic mass is 32.2. The number of thiazole rings is 1. The first kappa shape index (κ1) is 14.4. The van der Waals surface area contributed by atoms with Gasteiger partial charge in [0.15, 0.2) is 6.54 Å². The van der Waals surface area contributed by atoms with E-state index >= 15 is 0 Å². The van der Waals surface area contributed by atoms with Gasteiger partial charge in [0.1, 0.15) is 4.70 Å². The van der Waals surface area contributed by atoms with Crippen molar-refractivity contribution in [1.82, 2.24) is 0 Å². The monoisotopic (exact) mass is 300 g/mol. The summed E-state index contributed by atoms with van der Waals surface area (Å²) in [6.07, 6.45) is 0.407. The Bertz CT molecular complexity index is 704. The Morgan fingerprint density at radius 1 is 1.37 bits per heavy atom. The average Bonchev–Trinajstić information content (AvgIpc) is 2.60. The summed E-state index contributed by atoms with van der Waals surface area (Å²) in [7, 11) is -3.94. The van der Waals surface area contributed by atoms with Crippen LogP contribution in [0.5, 0.6) is 0 Å². The smallest absolute Gasteiger partial charge is 0.267 e. The number of fused-ring (bicyclic) bond motifs is 1. The maximum absolute atomic E-state index is 11.0. The number of aromatic nitrogens is 1. The van der Waals surface area contributed by atoms with E-state index in [2.05, 4.69) is 22.8 Å². The molecule has 19 heavy (non-hydrogen) atoms. The lowest BCUT2D eigenvalue weighted by molar-refractivity contribution is -0.673. The zero-order chi connectivity index (χ0) is 14.2. The molecule has 0 spiro atoms. The highest BCUT2D eigenvalue weighted by Gasteiger charge is 2.22. The maximum atomic E-state index is 11.0. The van der Waals surface area contributed by atoms with Crippen molar-refractivity contribution in [3.8, 4) is 0 Å². The molecule has 0 fully saturated rings. The molecule has 1 heterocycles. The molecular formula is C13H18NO3S2+. The minimum absolute atomic E-state index is 0.407. The van der Waals surface area contributed by atoms with Crippen LogP contribution in [0, 0.1) is 13.8 Å². The molecule has 0 radical (unpaired) electrons. The molecule has 0 unspecified atom stereocenters. The molecule has 0 saturated carbocycles. The van der Waals surface area contributed by atoms with E-state index < -0.39 is 15.4 Å². The van der Waals surface area contributed by atoms with Crippen LogP contribution in [0.3, 0.4) is 0 Å². The first-order valence-electron chi connectivity index (χ1n) is 6.15. The second kappa shape index (κ2) is 5.19. The van der Waals surface area contributed by atoms with E-state index in [1.165, 1.54) is 17.2 Å². The Morgan fingerprint density at radius 2 is 2.05 bits per heavy atom. The Hall–Kier alpha value is -0.980. The van der Waals surface area contributed by atoms with E-state index in [0.29, 0.717) is 13.0 Å². The van der Waals surface area contributed by atoms with Gasteiger partial charge in [-0.05, 0) is 25.5 Å². The van der Waals surface area contributed by atoms with Gasteiger partial charge in [0.2, 0.25) is 10.5 Å². The van der Waals surface area contributed by atoms with E-state index in [9.17, 15) is 8.42 Å². The molecular weight excluding hydrogens is 282 g/mol. The Balaban J connectivity index is 2.30.